The van der Waals surface area contributed by atoms with E-state index in [0.29, 0.717) is 48.5 Å². The summed E-state index contributed by atoms with van der Waals surface area (Å²) < 4.78 is 181. The van der Waals surface area contributed by atoms with Gasteiger partial charge < -0.3 is 20.9 Å². The summed E-state index contributed by atoms with van der Waals surface area (Å²) in [6, 6.07) is 9.32. The molecule has 4 aromatic carbocycles. The molecule has 45 heavy (non-hydrogen) atoms. The zero-order valence-corrected chi connectivity index (χ0v) is 22.1. The molecule has 0 atom stereocenters. The monoisotopic (exact) mass is 654 g/mol. The first kappa shape index (κ1) is 33.1. The van der Waals surface area contributed by atoms with Gasteiger partial charge in [-0.05, 0) is 48.5 Å². The fourth-order valence-corrected chi connectivity index (χ4v) is 4.59. The number of benzene rings is 4. The average Bonchev–Trinajstić information content (AvgIpc) is 2.90. The minimum Gasteiger partial charge on any atom is -0.457 e. The van der Waals surface area contributed by atoms with Crippen LogP contribution in [0.4, 0.5) is 64.1 Å². The Labute approximate surface area is 245 Å². The molecule has 0 bridgehead atoms. The molecule has 4 N–H and O–H groups in total. The van der Waals surface area contributed by atoms with Gasteiger partial charge in [-0.3, -0.25) is 0 Å². The first-order valence-corrected chi connectivity index (χ1v) is 12.3. The Balaban J connectivity index is 1.97. The van der Waals surface area contributed by atoms with Crippen LogP contribution >= 0.6 is 0 Å². The largest absolute Gasteiger partial charge is 0.457 e. The smallest absolute Gasteiger partial charge is 0.418 e. The topological polar surface area (TPSA) is 70.5 Å². The quantitative estimate of drug-likeness (QED) is 0.160. The van der Waals surface area contributed by atoms with Gasteiger partial charge in [-0.1, -0.05) is 36.4 Å². The number of hydrogen-bond donors (Lipinski definition) is 2. The van der Waals surface area contributed by atoms with Gasteiger partial charge in [0.25, 0.3) is 0 Å². The Kier molecular flexibility index (Phi) is 8.33. The minimum absolute atomic E-state index is 0.297. The zero-order chi connectivity index (χ0) is 33.6. The Morgan fingerprint density at radius 2 is 0.756 bits per heavy atom. The average molecular weight is 654 g/mol. The number of hydrogen-bond acceptors (Lipinski definition) is 4. The third-order valence-corrected chi connectivity index (χ3v) is 6.55. The summed E-state index contributed by atoms with van der Waals surface area (Å²) in [6.07, 6.45) is -22.6. The maximum absolute atomic E-state index is 15.1. The molecule has 0 saturated heterocycles. The third kappa shape index (κ3) is 6.26. The van der Waals surface area contributed by atoms with E-state index in [-0.39, 0.29) is 0 Å². The summed E-state index contributed by atoms with van der Waals surface area (Å²) in [7, 11) is 0. The highest BCUT2D eigenvalue weighted by atomic mass is 19.4. The van der Waals surface area contributed by atoms with Crippen molar-refractivity contribution in [1.82, 2.24) is 0 Å². The van der Waals surface area contributed by atoms with Crippen LogP contribution < -0.4 is 20.9 Å². The number of ether oxygens (including phenoxy) is 2. The molecule has 0 aliphatic rings. The van der Waals surface area contributed by atoms with Gasteiger partial charge in [-0.15, -0.1) is 0 Å². The highest BCUT2D eigenvalue weighted by Crippen LogP contribution is 2.60. The van der Waals surface area contributed by atoms with Crippen LogP contribution in [0.25, 0.3) is 0 Å². The molecule has 4 rings (SSSR count). The van der Waals surface area contributed by atoms with Gasteiger partial charge in [0.1, 0.15) is 23.0 Å². The molecular weight excluding hydrogens is 636 g/mol. The van der Waals surface area contributed by atoms with E-state index in [1.54, 1.807) is 0 Å². The number of alkyl halides is 12. The van der Waals surface area contributed by atoms with Gasteiger partial charge in [0.2, 0.25) is 5.41 Å². The lowest BCUT2D eigenvalue weighted by atomic mass is 9.72. The van der Waals surface area contributed by atoms with Crippen LogP contribution in [-0.2, 0) is 17.8 Å². The fourth-order valence-electron chi connectivity index (χ4n) is 4.59. The second kappa shape index (κ2) is 11.3. The molecule has 4 aromatic rings. The lowest BCUT2D eigenvalue weighted by molar-refractivity contribution is -0.289. The van der Waals surface area contributed by atoms with E-state index in [9.17, 15) is 26.3 Å². The molecule has 16 heteroatoms. The molecule has 0 spiro atoms. The summed E-state index contributed by atoms with van der Waals surface area (Å²) in [5.41, 5.74) is -2.07. The van der Waals surface area contributed by atoms with E-state index in [0.717, 1.165) is 36.4 Å². The van der Waals surface area contributed by atoms with Crippen LogP contribution in [0.3, 0.4) is 0 Å². The van der Waals surface area contributed by atoms with E-state index in [4.69, 9.17) is 20.9 Å². The maximum atomic E-state index is 15.1. The van der Waals surface area contributed by atoms with Crippen LogP contribution in [0.5, 0.6) is 23.0 Å². The van der Waals surface area contributed by atoms with Crippen LogP contribution in [0.1, 0.15) is 22.3 Å². The number of anilines is 2. The van der Waals surface area contributed by atoms with Gasteiger partial charge in [-0.2, -0.15) is 52.7 Å². The van der Waals surface area contributed by atoms with Crippen molar-refractivity contribution in [1.29, 1.82) is 0 Å². The summed E-state index contributed by atoms with van der Waals surface area (Å²) in [6.45, 7) is 0. The highest BCUT2D eigenvalue weighted by molar-refractivity contribution is 5.59. The molecule has 0 aliphatic heterocycles. The molecule has 4 nitrogen and oxygen atoms in total. The number of nitrogen functional groups attached to an aromatic ring is 2. The van der Waals surface area contributed by atoms with Gasteiger partial charge in [0.15, 0.2) is 0 Å². The number of para-hydroxylation sites is 2. The van der Waals surface area contributed by atoms with E-state index >= 15 is 26.3 Å². The lowest BCUT2D eigenvalue weighted by Crippen LogP contribution is -2.55. The van der Waals surface area contributed by atoms with Crippen molar-refractivity contribution >= 4 is 11.4 Å². The zero-order valence-electron chi connectivity index (χ0n) is 22.1. The highest BCUT2D eigenvalue weighted by Gasteiger charge is 2.74. The first-order valence-electron chi connectivity index (χ1n) is 12.3. The van der Waals surface area contributed by atoms with E-state index in [2.05, 4.69) is 0 Å². The van der Waals surface area contributed by atoms with Crippen LogP contribution in [0.2, 0.25) is 0 Å². The molecule has 0 heterocycles. The number of halogens is 12. The normalized spacial score (nSPS) is 13.1. The SMILES string of the molecule is Nc1ccc(Oc2ccccc2C(c2ccccc2Oc2ccc(N)c(C(F)(F)F)c2)(C(F)(F)F)C(F)(F)F)cc1C(F)(F)F. The van der Waals surface area contributed by atoms with Crippen molar-refractivity contribution in [2.45, 2.75) is 30.1 Å². The predicted octanol–water partition coefficient (Wildman–Crippen LogP) is 9.88. The third-order valence-electron chi connectivity index (χ3n) is 6.55. The van der Waals surface area contributed by atoms with E-state index < -0.39 is 86.7 Å². The maximum Gasteiger partial charge on any atom is 0.418 e. The molecular formula is C29H18F12N2O2. The van der Waals surface area contributed by atoms with Crippen molar-refractivity contribution in [2.24, 2.45) is 0 Å². The molecule has 0 aliphatic carbocycles. The second-order valence-corrected chi connectivity index (χ2v) is 9.44. The first-order chi connectivity index (χ1) is 20.7. The van der Waals surface area contributed by atoms with Crippen LogP contribution in [0.15, 0.2) is 84.9 Å². The summed E-state index contributed by atoms with van der Waals surface area (Å²) in [4.78, 5) is 0. The Morgan fingerprint density at radius 3 is 1.07 bits per heavy atom. The Hall–Kier alpha value is -4.76. The van der Waals surface area contributed by atoms with Crippen LogP contribution in [0, 0.1) is 0 Å². The Morgan fingerprint density at radius 1 is 0.422 bits per heavy atom. The van der Waals surface area contributed by atoms with Gasteiger partial charge in [-0.25, -0.2) is 0 Å². The predicted molar refractivity (Wildman–Crippen MR) is 138 cm³/mol. The molecule has 240 valence electrons. The molecule has 0 fully saturated rings. The van der Waals surface area contributed by atoms with E-state index in [1.807, 2.05) is 0 Å². The summed E-state index contributed by atoms with van der Waals surface area (Å²) >= 11 is 0. The van der Waals surface area contributed by atoms with Gasteiger partial charge >= 0.3 is 24.7 Å². The number of rotatable bonds is 6. The summed E-state index contributed by atoms with van der Waals surface area (Å²) in [5.74, 6) is -3.89. The van der Waals surface area contributed by atoms with Crippen molar-refractivity contribution in [2.75, 3.05) is 11.5 Å². The summed E-state index contributed by atoms with van der Waals surface area (Å²) in [5, 5.41) is 0. The standard InChI is InChI=1S/C29H18F12N2O2/c30-26(31,32)19-13-15(9-11-21(19)42)44-23-7-3-1-5-17(23)25(28(36,37)38,29(39,40)41)18-6-2-4-8-24(18)45-16-10-12-22(43)20(14-16)27(33,34)35/h1-14H,42-43H2. The second-order valence-electron chi connectivity index (χ2n) is 9.44. The van der Waals surface area contributed by atoms with Crippen LogP contribution in [-0.4, -0.2) is 12.4 Å². The van der Waals surface area contributed by atoms with Crippen molar-refractivity contribution in [3.8, 4) is 23.0 Å². The van der Waals surface area contributed by atoms with E-state index in [1.165, 1.54) is 0 Å². The van der Waals surface area contributed by atoms with Gasteiger partial charge in [0.05, 0.1) is 11.1 Å². The fraction of sp³-hybridized carbons (Fsp3) is 0.172. The number of nitrogens with two attached hydrogens (primary N) is 2. The molecule has 0 aromatic heterocycles. The molecule has 0 radical (unpaired) electrons. The Bertz CT molecular complexity index is 1570. The minimum atomic E-state index is -6.25. The van der Waals surface area contributed by atoms with Crippen molar-refractivity contribution in [3.63, 3.8) is 0 Å². The lowest BCUT2D eigenvalue weighted by Gasteiger charge is -2.39. The molecule has 0 unspecified atom stereocenters. The van der Waals surface area contributed by atoms with Crippen molar-refractivity contribution in [3.05, 3.63) is 107 Å². The molecule has 0 amide bonds. The van der Waals surface area contributed by atoms with Crippen molar-refractivity contribution < 1.29 is 62.2 Å². The van der Waals surface area contributed by atoms with Gasteiger partial charge in [0, 0.05) is 22.5 Å². The molecule has 0 saturated carbocycles.